The predicted molar refractivity (Wildman–Crippen MR) is 88.3 cm³/mol. The number of hydrogen-bond donors (Lipinski definition) is 2. The molecule has 0 radical (unpaired) electrons. The monoisotopic (exact) mass is 418 g/mol. The van der Waals surface area contributed by atoms with E-state index in [1.54, 1.807) is 24.4 Å². The highest BCUT2D eigenvalue weighted by atomic mass is 79.9. The minimum absolute atomic E-state index is 0.139. The number of rotatable bonds is 3. The molecule has 126 valence electrons. The maximum Gasteiger partial charge on any atom is 0.417 e. The zero-order valence-electron chi connectivity index (χ0n) is 11.9. The molecule has 4 nitrogen and oxygen atoms in total. The van der Waals surface area contributed by atoms with Crippen molar-refractivity contribution in [3.05, 3.63) is 58.7 Å². The van der Waals surface area contributed by atoms with Crippen LogP contribution in [0.15, 0.2) is 58.0 Å². The number of nitrogens with one attached hydrogen (secondary N) is 2. The molecule has 3 rings (SSSR count). The molecule has 0 fully saturated rings. The number of aromatic amines is 1. The van der Waals surface area contributed by atoms with Crippen molar-refractivity contribution in [3.8, 4) is 0 Å². The number of halogens is 4. The number of fused-ring (bicyclic) bond motifs is 1. The number of aromatic nitrogens is 1. The van der Waals surface area contributed by atoms with E-state index in [0.29, 0.717) is 5.52 Å². The number of anilines is 1. The standard InChI is InChI=1S/C15H10BrF3N2O2S/c16-10-4-5-13(11(8-10)15(17,18)19)24(22,23)21-12-3-1-2-9-6-7-20-14(9)12/h1-8,20-21H. The van der Waals surface area contributed by atoms with Crippen LogP contribution in [0.5, 0.6) is 0 Å². The highest BCUT2D eigenvalue weighted by Crippen LogP contribution is 2.37. The summed E-state index contributed by atoms with van der Waals surface area (Å²) >= 11 is 2.93. The Morgan fingerprint density at radius 3 is 2.54 bits per heavy atom. The zero-order valence-corrected chi connectivity index (χ0v) is 14.3. The van der Waals surface area contributed by atoms with Gasteiger partial charge in [0, 0.05) is 16.1 Å². The lowest BCUT2D eigenvalue weighted by molar-refractivity contribution is -0.139. The second kappa shape index (κ2) is 5.82. The Kier molecular flexibility index (Phi) is 4.08. The van der Waals surface area contributed by atoms with Crippen LogP contribution in [-0.2, 0) is 16.2 Å². The minimum Gasteiger partial charge on any atom is -0.359 e. The van der Waals surface area contributed by atoms with Gasteiger partial charge in [-0.15, -0.1) is 0 Å². The average molecular weight is 419 g/mol. The Balaban J connectivity index is 2.11. The molecule has 3 aromatic rings. The van der Waals surface area contributed by atoms with Crippen molar-refractivity contribution in [2.45, 2.75) is 11.1 Å². The van der Waals surface area contributed by atoms with E-state index in [2.05, 4.69) is 25.6 Å². The first kappa shape index (κ1) is 16.8. The molecule has 0 amide bonds. The van der Waals surface area contributed by atoms with Crippen LogP contribution in [0, 0.1) is 0 Å². The normalized spacial score (nSPS) is 12.5. The third kappa shape index (κ3) is 3.13. The molecule has 0 aliphatic rings. The molecule has 2 N–H and O–H groups in total. The summed E-state index contributed by atoms with van der Waals surface area (Å²) in [7, 11) is -4.42. The fourth-order valence-corrected chi connectivity index (χ4v) is 3.97. The van der Waals surface area contributed by atoms with Crippen LogP contribution in [-0.4, -0.2) is 13.4 Å². The Morgan fingerprint density at radius 2 is 1.83 bits per heavy atom. The van der Waals surface area contributed by atoms with E-state index in [1.807, 2.05) is 0 Å². The molecule has 9 heteroatoms. The lowest BCUT2D eigenvalue weighted by Gasteiger charge is -2.15. The maximum atomic E-state index is 13.2. The molecule has 2 aromatic carbocycles. The summed E-state index contributed by atoms with van der Waals surface area (Å²) in [5, 5.41) is 0.738. The Bertz CT molecular complexity index is 1010. The summed E-state index contributed by atoms with van der Waals surface area (Å²) in [4.78, 5) is 2.03. The van der Waals surface area contributed by atoms with Gasteiger partial charge in [-0.1, -0.05) is 28.1 Å². The van der Waals surface area contributed by atoms with E-state index >= 15 is 0 Å². The van der Waals surface area contributed by atoms with Crippen LogP contribution < -0.4 is 4.72 Å². The smallest absolute Gasteiger partial charge is 0.359 e. The van der Waals surface area contributed by atoms with Gasteiger partial charge in [-0.05, 0) is 30.3 Å². The van der Waals surface area contributed by atoms with Gasteiger partial charge >= 0.3 is 6.18 Å². The van der Waals surface area contributed by atoms with Gasteiger partial charge in [0.05, 0.1) is 21.7 Å². The molecule has 1 aromatic heterocycles. The van der Waals surface area contributed by atoms with E-state index in [1.165, 1.54) is 12.1 Å². The molecule has 0 bridgehead atoms. The van der Waals surface area contributed by atoms with Crippen LogP contribution in [0.2, 0.25) is 0 Å². The van der Waals surface area contributed by atoms with E-state index in [4.69, 9.17) is 0 Å². The summed E-state index contributed by atoms with van der Waals surface area (Å²) in [5.74, 6) is 0. The van der Waals surface area contributed by atoms with E-state index in [0.717, 1.165) is 17.5 Å². The molecule has 0 aliphatic heterocycles. The number of hydrogen-bond acceptors (Lipinski definition) is 2. The van der Waals surface area contributed by atoms with E-state index < -0.39 is 26.7 Å². The van der Waals surface area contributed by atoms with Crippen LogP contribution in [0.25, 0.3) is 10.9 Å². The molecule has 0 saturated heterocycles. The molecule has 0 saturated carbocycles. The van der Waals surface area contributed by atoms with Crippen LogP contribution >= 0.6 is 15.9 Å². The number of H-pyrrole nitrogens is 1. The van der Waals surface area contributed by atoms with Crippen molar-refractivity contribution < 1.29 is 21.6 Å². The molecule has 0 unspecified atom stereocenters. The van der Waals surface area contributed by atoms with Crippen molar-refractivity contribution in [1.29, 1.82) is 0 Å². The number of sulfonamides is 1. The fourth-order valence-electron chi connectivity index (χ4n) is 2.33. The fraction of sp³-hybridized carbons (Fsp3) is 0.0667. The zero-order chi connectivity index (χ0) is 17.5. The summed E-state index contributed by atoms with van der Waals surface area (Å²) in [6.45, 7) is 0. The second-order valence-corrected chi connectivity index (χ2v) is 7.56. The Hall–Kier alpha value is -2.00. The molecular formula is C15H10BrF3N2O2S. The van der Waals surface area contributed by atoms with Crippen molar-refractivity contribution in [2.24, 2.45) is 0 Å². The van der Waals surface area contributed by atoms with E-state index in [-0.39, 0.29) is 10.2 Å². The summed E-state index contributed by atoms with van der Waals surface area (Å²) < 4.78 is 66.9. The summed E-state index contributed by atoms with van der Waals surface area (Å²) in [5.41, 5.74) is -0.566. The van der Waals surface area contributed by atoms with Crippen molar-refractivity contribution in [2.75, 3.05) is 4.72 Å². The molecule has 0 spiro atoms. The Morgan fingerprint density at radius 1 is 1.08 bits per heavy atom. The Labute approximate surface area is 143 Å². The van der Waals surface area contributed by atoms with Crippen LogP contribution in [0.3, 0.4) is 0 Å². The van der Waals surface area contributed by atoms with Gasteiger partial charge in [0.1, 0.15) is 0 Å². The molecular weight excluding hydrogens is 409 g/mol. The highest BCUT2D eigenvalue weighted by molar-refractivity contribution is 9.10. The van der Waals surface area contributed by atoms with Crippen molar-refractivity contribution >= 4 is 42.5 Å². The first-order valence-electron chi connectivity index (χ1n) is 6.64. The van der Waals surface area contributed by atoms with Crippen molar-refractivity contribution in [1.82, 2.24) is 4.98 Å². The molecule has 0 aliphatic carbocycles. The maximum absolute atomic E-state index is 13.2. The minimum atomic E-state index is -4.80. The third-order valence-corrected chi connectivity index (χ3v) is 5.29. The van der Waals surface area contributed by atoms with Gasteiger partial charge in [-0.2, -0.15) is 13.2 Å². The summed E-state index contributed by atoms with van der Waals surface area (Å²) in [6, 6.07) is 9.48. The lowest BCUT2D eigenvalue weighted by Crippen LogP contribution is -2.19. The van der Waals surface area contributed by atoms with Gasteiger partial charge in [-0.3, -0.25) is 4.72 Å². The largest absolute Gasteiger partial charge is 0.417 e. The van der Waals surface area contributed by atoms with Gasteiger partial charge < -0.3 is 4.98 Å². The number of para-hydroxylation sites is 1. The predicted octanol–water partition coefficient (Wildman–Crippen LogP) is 4.75. The quantitative estimate of drug-likeness (QED) is 0.644. The number of benzene rings is 2. The van der Waals surface area contributed by atoms with Crippen LogP contribution in [0.4, 0.5) is 18.9 Å². The highest BCUT2D eigenvalue weighted by Gasteiger charge is 2.37. The van der Waals surface area contributed by atoms with Crippen LogP contribution in [0.1, 0.15) is 5.56 Å². The average Bonchev–Trinajstić information content (AvgIpc) is 2.95. The molecule has 0 atom stereocenters. The lowest BCUT2D eigenvalue weighted by atomic mass is 10.2. The SMILES string of the molecule is O=S(=O)(Nc1cccc2cc[nH]c12)c1ccc(Br)cc1C(F)(F)F. The van der Waals surface area contributed by atoms with E-state index in [9.17, 15) is 21.6 Å². The topological polar surface area (TPSA) is 62.0 Å². The van der Waals surface area contributed by atoms with Gasteiger partial charge in [0.15, 0.2) is 0 Å². The molecule has 24 heavy (non-hydrogen) atoms. The first-order chi connectivity index (χ1) is 11.2. The second-order valence-electron chi connectivity index (χ2n) is 4.99. The first-order valence-corrected chi connectivity index (χ1v) is 8.92. The number of alkyl halides is 3. The van der Waals surface area contributed by atoms with Gasteiger partial charge in [0.2, 0.25) is 0 Å². The van der Waals surface area contributed by atoms with Gasteiger partial charge in [-0.25, -0.2) is 8.42 Å². The molecule has 1 heterocycles. The third-order valence-electron chi connectivity index (χ3n) is 3.37. The van der Waals surface area contributed by atoms with Gasteiger partial charge in [0.25, 0.3) is 10.0 Å². The van der Waals surface area contributed by atoms with Crippen molar-refractivity contribution in [3.63, 3.8) is 0 Å². The summed E-state index contributed by atoms with van der Waals surface area (Å²) in [6.07, 6.45) is -3.18.